The number of hydrogen-bond donors (Lipinski definition) is 0. The molecule has 2 aliphatic rings. The van der Waals surface area contributed by atoms with E-state index in [1.54, 1.807) is 0 Å². The number of anilines is 6. The first-order chi connectivity index (χ1) is 52.3. The highest BCUT2D eigenvalue weighted by molar-refractivity contribution is 7.00. The van der Waals surface area contributed by atoms with Gasteiger partial charge in [-0.1, -0.05) is 330 Å². The lowest BCUT2D eigenvalue weighted by molar-refractivity contribution is 0.591. The molecule has 3 heterocycles. The van der Waals surface area contributed by atoms with Crippen LogP contribution in [0, 0.1) is 0 Å². The molecule has 4 heteroatoms. The SMILES string of the molecule is CC(C)(C)c1ccc2c(c1)c1ccccc1n2-c1ccc2c(c1)N(c1c(-c3ccccc3)cc(-c3ccccc3)cc1-c1ccccc1)c1cccc3c1B2c1ccc(-c2c4ccccc4c(-c4ccccc4)c4ccccc24)cc1N3c1c(-c2ccccc2)cc(-c2ccccc2)cc1-c1ccccc1. The average molecular weight is 1350 g/mol. The molecule has 498 valence electrons. The predicted octanol–water partition coefficient (Wildman–Crippen LogP) is 25.8. The van der Waals surface area contributed by atoms with Crippen molar-refractivity contribution in [2.24, 2.45) is 0 Å². The normalized spacial score (nSPS) is 12.4. The summed E-state index contributed by atoms with van der Waals surface area (Å²) in [4.78, 5) is 5.37. The molecule has 0 amide bonds. The molecular formula is C102H72BN3. The minimum Gasteiger partial charge on any atom is -0.310 e. The Morgan fingerprint density at radius 2 is 0.594 bits per heavy atom. The van der Waals surface area contributed by atoms with Crippen molar-refractivity contribution in [2.75, 3.05) is 9.80 Å². The van der Waals surface area contributed by atoms with Crippen molar-refractivity contribution in [3.05, 3.63) is 388 Å². The van der Waals surface area contributed by atoms with E-state index in [0.717, 1.165) is 112 Å². The van der Waals surface area contributed by atoms with Crippen LogP contribution in [0.25, 0.3) is 138 Å². The zero-order valence-electron chi connectivity index (χ0n) is 59.3. The summed E-state index contributed by atoms with van der Waals surface area (Å²) in [6.07, 6.45) is 0. The molecule has 106 heavy (non-hydrogen) atoms. The summed E-state index contributed by atoms with van der Waals surface area (Å²) in [5, 5.41) is 7.34. The quantitative estimate of drug-likeness (QED) is 0.0944. The second-order valence-corrected chi connectivity index (χ2v) is 29.4. The van der Waals surface area contributed by atoms with E-state index in [4.69, 9.17) is 0 Å². The Morgan fingerprint density at radius 1 is 0.236 bits per heavy atom. The first-order valence-electron chi connectivity index (χ1n) is 37.0. The van der Waals surface area contributed by atoms with E-state index in [0.29, 0.717) is 0 Å². The third-order valence-corrected chi connectivity index (χ3v) is 22.3. The molecule has 0 N–H and O–H groups in total. The van der Waals surface area contributed by atoms with Gasteiger partial charge < -0.3 is 14.4 Å². The summed E-state index contributed by atoms with van der Waals surface area (Å²) >= 11 is 0. The summed E-state index contributed by atoms with van der Waals surface area (Å²) < 4.78 is 2.52. The maximum Gasteiger partial charge on any atom is 0.252 e. The van der Waals surface area contributed by atoms with Gasteiger partial charge in [0.1, 0.15) is 0 Å². The van der Waals surface area contributed by atoms with E-state index in [1.807, 2.05) is 0 Å². The molecule has 20 rings (SSSR count). The van der Waals surface area contributed by atoms with Crippen LogP contribution in [0.15, 0.2) is 382 Å². The van der Waals surface area contributed by atoms with Crippen molar-refractivity contribution < 1.29 is 0 Å². The van der Waals surface area contributed by atoms with Gasteiger partial charge in [-0.2, -0.15) is 0 Å². The van der Waals surface area contributed by atoms with Crippen LogP contribution < -0.4 is 26.2 Å². The molecule has 0 radical (unpaired) electrons. The molecule has 0 aliphatic carbocycles. The first-order valence-corrected chi connectivity index (χ1v) is 37.0. The van der Waals surface area contributed by atoms with Gasteiger partial charge in [-0.05, 0) is 188 Å². The Balaban J connectivity index is 0.940. The highest BCUT2D eigenvalue weighted by atomic mass is 15.2. The van der Waals surface area contributed by atoms with E-state index < -0.39 is 0 Å². The molecule has 0 bridgehead atoms. The third-order valence-electron chi connectivity index (χ3n) is 22.3. The number of benzene rings is 17. The fraction of sp³-hybridized carbons (Fsp3) is 0.0392. The Kier molecular flexibility index (Phi) is 14.9. The van der Waals surface area contributed by atoms with Crippen LogP contribution in [0.3, 0.4) is 0 Å². The lowest BCUT2D eigenvalue weighted by Crippen LogP contribution is -2.61. The molecule has 3 nitrogen and oxygen atoms in total. The molecule has 0 spiro atoms. The van der Waals surface area contributed by atoms with Crippen molar-refractivity contribution in [3.63, 3.8) is 0 Å². The second kappa shape index (κ2) is 25.3. The molecule has 0 saturated heterocycles. The van der Waals surface area contributed by atoms with Gasteiger partial charge in [-0.3, -0.25) is 0 Å². The molecule has 0 unspecified atom stereocenters. The van der Waals surface area contributed by atoms with Crippen LogP contribution in [-0.4, -0.2) is 11.3 Å². The standard InChI is InChI=1S/C102H72BN3/c1-102(2,3)77-55-59-92-88(65-77)79-46-29-30-51-91(79)104(92)78-56-58-90-96(66-78)106(101-86(71-40-19-8-20-41-71)62-76(68-34-13-5-14-35-68)63-87(101)72-42-21-9-22-43-72)94-53-31-52-93-99(94)103(90)89-57-54-74(98-82-49-27-25-47-80(82)97(73-44-23-10-24-45-73)81-48-26-28-50-83(81)98)64-95(89)105(93)100-84(69-36-15-6-16-37-69)60-75(67-32-11-4-12-33-67)61-85(100)70-38-17-7-18-39-70/h4-66H,1-3H3. The Bertz CT molecular complexity index is 6280. The zero-order chi connectivity index (χ0) is 70.6. The number of hydrogen-bond acceptors (Lipinski definition) is 2. The largest absolute Gasteiger partial charge is 0.310 e. The van der Waals surface area contributed by atoms with Crippen LogP contribution >= 0.6 is 0 Å². The van der Waals surface area contributed by atoms with Crippen molar-refractivity contribution in [3.8, 4) is 94.7 Å². The fourth-order valence-electron chi connectivity index (χ4n) is 17.5. The molecule has 0 fully saturated rings. The lowest BCUT2D eigenvalue weighted by atomic mass is 9.33. The summed E-state index contributed by atoms with van der Waals surface area (Å²) in [6, 6.07) is 144. The summed E-state index contributed by atoms with van der Waals surface area (Å²) in [6.45, 7) is 6.70. The molecule has 17 aromatic carbocycles. The van der Waals surface area contributed by atoms with Crippen LogP contribution in [0.4, 0.5) is 34.1 Å². The van der Waals surface area contributed by atoms with Crippen molar-refractivity contribution in [2.45, 2.75) is 26.2 Å². The van der Waals surface area contributed by atoms with Crippen molar-refractivity contribution in [1.29, 1.82) is 0 Å². The minimum absolute atomic E-state index is 0.0437. The van der Waals surface area contributed by atoms with Crippen LogP contribution in [0.2, 0.25) is 0 Å². The zero-order valence-corrected chi connectivity index (χ0v) is 59.3. The lowest BCUT2D eigenvalue weighted by Gasteiger charge is -2.46. The molecular weight excluding hydrogens is 1280 g/mol. The van der Waals surface area contributed by atoms with Crippen LogP contribution in [0.1, 0.15) is 26.3 Å². The maximum absolute atomic E-state index is 2.69. The fourth-order valence-corrected chi connectivity index (χ4v) is 17.5. The molecule has 18 aromatic rings. The minimum atomic E-state index is -0.249. The smallest absolute Gasteiger partial charge is 0.252 e. The molecule has 0 atom stereocenters. The Hall–Kier alpha value is -13.3. The van der Waals surface area contributed by atoms with Gasteiger partial charge in [-0.15, -0.1) is 0 Å². The highest BCUT2D eigenvalue weighted by Crippen LogP contribution is 2.56. The number of fused-ring (bicyclic) bond motifs is 9. The monoisotopic (exact) mass is 1350 g/mol. The Labute approximate surface area is 619 Å². The highest BCUT2D eigenvalue weighted by Gasteiger charge is 2.46. The molecule has 0 saturated carbocycles. The van der Waals surface area contributed by atoms with Gasteiger partial charge in [0.05, 0.1) is 22.4 Å². The van der Waals surface area contributed by atoms with E-state index in [-0.39, 0.29) is 12.1 Å². The van der Waals surface area contributed by atoms with E-state index in [9.17, 15) is 0 Å². The summed E-state index contributed by atoms with van der Waals surface area (Å²) in [7, 11) is 0. The molecule has 1 aromatic heterocycles. The maximum atomic E-state index is 2.69. The van der Waals surface area contributed by atoms with Gasteiger partial charge in [0, 0.05) is 61.5 Å². The van der Waals surface area contributed by atoms with Crippen LogP contribution in [-0.2, 0) is 5.41 Å². The van der Waals surface area contributed by atoms with Gasteiger partial charge in [0.2, 0.25) is 0 Å². The number of para-hydroxylation sites is 1. The number of nitrogens with zero attached hydrogens (tertiary/aromatic N) is 3. The van der Waals surface area contributed by atoms with Gasteiger partial charge in [-0.25, -0.2) is 0 Å². The predicted molar refractivity (Wildman–Crippen MR) is 452 cm³/mol. The average Bonchev–Trinajstić information content (AvgIpc) is 0.725. The topological polar surface area (TPSA) is 11.4 Å². The van der Waals surface area contributed by atoms with E-state index in [2.05, 4.69) is 417 Å². The number of rotatable bonds is 11. The summed E-state index contributed by atoms with van der Waals surface area (Å²) in [5.41, 5.74) is 33.5. The van der Waals surface area contributed by atoms with Crippen molar-refractivity contribution in [1.82, 2.24) is 4.57 Å². The third kappa shape index (κ3) is 10.3. The number of aromatic nitrogens is 1. The molecule has 2 aliphatic heterocycles. The van der Waals surface area contributed by atoms with Crippen LogP contribution in [0.5, 0.6) is 0 Å². The second-order valence-electron chi connectivity index (χ2n) is 29.4. The van der Waals surface area contributed by atoms with Crippen molar-refractivity contribution >= 4 is 101 Å². The van der Waals surface area contributed by atoms with Gasteiger partial charge >= 0.3 is 0 Å². The van der Waals surface area contributed by atoms with Gasteiger partial charge in [0.15, 0.2) is 0 Å². The summed E-state index contributed by atoms with van der Waals surface area (Å²) in [5.74, 6) is 0. The Morgan fingerprint density at radius 3 is 1.03 bits per heavy atom. The van der Waals surface area contributed by atoms with Gasteiger partial charge in [0.25, 0.3) is 6.71 Å². The van der Waals surface area contributed by atoms with E-state index in [1.165, 1.54) is 82.0 Å². The van der Waals surface area contributed by atoms with E-state index >= 15 is 0 Å². The first kappa shape index (κ1) is 62.5.